The molecule has 0 atom stereocenters. The minimum Gasteiger partial charge on any atom is -0.394 e. The third-order valence-corrected chi connectivity index (χ3v) is 2.81. The molecule has 0 unspecified atom stereocenters. The standard InChI is InChI=1S/C17H26O5/c1-16(17-5-3-2-4-6-17)15-22-14-13-21-12-11-20-10-9-19-8-7-18/h2-6,18H,1,7-15H2. The predicted molar refractivity (Wildman–Crippen MR) is 85.8 cm³/mol. The van der Waals surface area contributed by atoms with Crippen LogP contribution in [0.4, 0.5) is 0 Å². The SMILES string of the molecule is C=C(COCCOCCOCCOCCO)c1ccccc1. The molecule has 1 rings (SSSR count). The quantitative estimate of drug-likeness (QED) is 0.531. The predicted octanol–water partition coefficient (Wildman–Crippen LogP) is 1.76. The highest BCUT2D eigenvalue weighted by Gasteiger charge is 1.98. The average molecular weight is 310 g/mol. The van der Waals surface area contributed by atoms with E-state index in [4.69, 9.17) is 24.1 Å². The maximum Gasteiger partial charge on any atom is 0.0718 e. The highest BCUT2D eigenvalue weighted by atomic mass is 16.6. The number of hydrogen-bond donors (Lipinski definition) is 1. The Morgan fingerprint density at radius 2 is 1.27 bits per heavy atom. The van der Waals surface area contributed by atoms with Gasteiger partial charge in [-0.3, -0.25) is 0 Å². The molecular formula is C17H26O5. The maximum atomic E-state index is 8.51. The summed E-state index contributed by atoms with van der Waals surface area (Å²) < 4.78 is 21.3. The number of benzene rings is 1. The van der Waals surface area contributed by atoms with Gasteiger partial charge in [0.05, 0.1) is 59.5 Å². The number of hydrogen-bond acceptors (Lipinski definition) is 5. The van der Waals surface area contributed by atoms with Crippen LogP contribution in [0.25, 0.3) is 5.57 Å². The molecule has 0 saturated carbocycles. The van der Waals surface area contributed by atoms with E-state index in [-0.39, 0.29) is 6.61 Å². The van der Waals surface area contributed by atoms with Crippen LogP contribution in [0.5, 0.6) is 0 Å². The van der Waals surface area contributed by atoms with Gasteiger partial charge in [-0.25, -0.2) is 0 Å². The molecule has 1 N–H and O–H groups in total. The number of aliphatic hydroxyl groups is 1. The minimum absolute atomic E-state index is 0.0415. The van der Waals surface area contributed by atoms with Crippen molar-refractivity contribution in [2.24, 2.45) is 0 Å². The molecule has 0 saturated heterocycles. The van der Waals surface area contributed by atoms with E-state index in [2.05, 4.69) is 6.58 Å². The molecule has 0 heterocycles. The molecule has 124 valence electrons. The van der Waals surface area contributed by atoms with E-state index in [1.165, 1.54) is 0 Å². The van der Waals surface area contributed by atoms with E-state index >= 15 is 0 Å². The van der Waals surface area contributed by atoms with Gasteiger partial charge in [0.2, 0.25) is 0 Å². The van der Waals surface area contributed by atoms with Crippen LogP contribution in [-0.2, 0) is 18.9 Å². The van der Waals surface area contributed by atoms with Crippen LogP contribution in [0.3, 0.4) is 0 Å². The van der Waals surface area contributed by atoms with Gasteiger partial charge in [-0.2, -0.15) is 0 Å². The van der Waals surface area contributed by atoms with Gasteiger partial charge >= 0.3 is 0 Å². The Morgan fingerprint density at radius 3 is 1.82 bits per heavy atom. The summed E-state index contributed by atoms with van der Waals surface area (Å²) in [6, 6.07) is 9.98. The first-order valence-corrected chi connectivity index (χ1v) is 7.49. The fraction of sp³-hybridized carbons (Fsp3) is 0.529. The van der Waals surface area contributed by atoms with Crippen molar-refractivity contribution < 1.29 is 24.1 Å². The molecule has 1 aromatic rings. The lowest BCUT2D eigenvalue weighted by Crippen LogP contribution is -2.12. The fourth-order valence-corrected chi connectivity index (χ4v) is 1.68. The van der Waals surface area contributed by atoms with Crippen LogP contribution < -0.4 is 0 Å². The van der Waals surface area contributed by atoms with E-state index in [1.807, 2.05) is 30.3 Å². The van der Waals surface area contributed by atoms with Crippen molar-refractivity contribution in [3.05, 3.63) is 42.5 Å². The van der Waals surface area contributed by atoms with Gasteiger partial charge in [0.25, 0.3) is 0 Å². The second-order valence-electron chi connectivity index (χ2n) is 4.58. The second-order valence-corrected chi connectivity index (χ2v) is 4.58. The Balaban J connectivity index is 1.85. The zero-order valence-electron chi connectivity index (χ0n) is 13.0. The smallest absolute Gasteiger partial charge is 0.0718 e. The lowest BCUT2D eigenvalue weighted by molar-refractivity contribution is -0.00288. The minimum atomic E-state index is 0.0415. The highest BCUT2D eigenvalue weighted by molar-refractivity contribution is 5.63. The monoisotopic (exact) mass is 310 g/mol. The Kier molecular flexibility index (Phi) is 11.5. The fourth-order valence-electron chi connectivity index (χ4n) is 1.68. The van der Waals surface area contributed by atoms with Gasteiger partial charge in [0.15, 0.2) is 0 Å². The first-order valence-electron chi connectivity index (χ1n) is 7.49. The summed E-state index contributed by atoms with van der Waals surface area (Å²) in [7, 11) is 0. The Morgan fingerprint density at radius 1 is 0.773 bits per heavy atom. The van der Waals surface area contributed by atoms with Crippen molar-refractivity contribution in [2.75, 3.05) is 59.5 Å². The molecule has 0 fully saturated rings. The molecule has 0 amide bonds. The Hall–Kier alpha value is -1.24. The molecule has 22 heavy (non-hydrogen) atoms. The van der Waals surface area contributed by atoms with Crippen LogP contribution in [0.15, 0.2) is 36.9 Å². The summed E-state index contributed by atoms with van der Waals surface area (Å²) >= 11 is 0. The van der Waals surface area contributed by atoms with Gasteiger partial charge in [-0.1, -0.05) is 36.9 Å². The third-order valence-electron chi connectivity index (χ3n) is 2.81. The lowest BCUT2D eigenvalue weighted by Gasteiger charge is -2.08. The number of ether oxygens (including phenoxy) is 4. The van der Waals surface area contributed by atoms with Gasteiger partial charge in [0, 0.05) is 0 Å². The van der Waals surface area contributed by atoms with E-state index in [0.717, 1.165) is 11.1 Å². The largest absolute Gasteiger partial charge is 0.394 e. The van der Waals surface area contributed by atoms with Crippen LogP contribution in [0, 0.1) is 0 Å². The first kappa shape index (κ1) is 18.8. The summed E-state index contributed by atoms with van der Waals surface area (Å²) in [5.41, 5.74) is 2.06. The van der Waals surface area contributed by atoms with E-state index in [0.29, 0.717) is 52.9 Å². The summed E-state index contributed by atoms with van der Waals surface area (Å²) in [6.07, 6.45) is 0. The molecular weight excluding hydrogens is 284 g/mol. The molecule has 0 spiro atoms. The first-order chi connectivity index (χ1) is 10.8. The van der Waals surface area contributed by atoms with Crippen LogP contribution in [-0.4, -0.2) is 64.6 Å². The molecule has 0 radical (unpaired) electrons. The summed E-state index contributed by atoms with van der Waals surface area (Å²) in [4.78, 5) is 0. The van der Waals surface area contributed by atoms with E-state index in [1.54, 1.807) is 0 Å². The summed E-state index contributed by atoms with van der Waals surface area (Å²) in [5.74, 6) is 0. The number of rotatable bonds is 14. The molecule has 0 aliphatic rings. The molecule has 0 aliphatic carbocycles. The van der Waals surface area contributed by atoms with Crippen molar-refractivity contribution in [3.8, 4) is 0 Å². The lowest BCUT2D eigenvalue weighted by atomic mass is 10.1. The molecule has 1 aromatic carbocycles. The van der Waals surface area contributed by atoms with Crippen molar-refractivity contribution in [3.63, 3.8) is 0 Å². The zero-order chi connectivity index (χ0) is 15.9. The Labute approximate surface area is 132 Å². The van der Waals surface area contributed by atoms with Crippen molar-refractivity contribution in [2.45, 2.75) is 0 Å². The average Bonchev–Trinajstić information content (AvgIpc) is 2.56. The topological polar surface area (TPSA) is 57.2 Å². The molecule has 5 nitrogen and oxygen atoms in total. The van der Waals surface area contributed by atoms with Crippen molar-refractivity contribution >= 4 is 5.57 Å². The summed E-state index contributed by atoms with van der Waals surface area (Å²) in [6.45, 7) is 8.03. The van der Waals surface area contributed by atoms with Gasteiger partial charge in [0.1, 0.15) is 0 Å². The van der Waals surface area contributed by atoms with Crippen LogP contribution >= 0.6 is 0 Å². The van der Waals surface area contributed by atoms with Crippen molar-refractivity contribution in [1.29, 1.82) is 0 Å². The zero-order valence-corrected chi connectivity index (χ0v) is 13.0. The van der Waals surface area contributed by atoms with Gasteiger partial charge in [-0.15, -0.1) is 0 Å². The van der Waals surface area contributed by atoms with E-state index in [9.17, 15) is 0 Å². The second kappa shape index (κ2) is 13.4. The van der Waals surface area contributed by atoms with Crippen LogP contribution in [0.2, 0.25) is 0 Å². The van der Waals surface area contributed by atoms with Crippen molar-refractivity contribution in [1.82, 2.24) is 0 Å². The van der Waals surface area contributed by atoms with Gasteiger partial charge < -0.3 is 24.1 Å². The van der Waals surface area contributed by atoms with E-state index < -0.39 is 0 Å². The third kappa shape index (κ3) is 9.65. The summed E-state index contributed by atoms with van der Waals surface area (Å²) in [5, 5.41) is 8.51. The molecule has 0 bridgehead atoms. The van der Waals surface area contributed by atoms with Crippen LogP contribution in [0.1, 0.15) is 5.56 Å². The maximum absolute atomic E-state index is 8.51. The molecule has 5 heteroatoms. The normalized spacial score (nSPS) is 10.8. The highest BCUT2D eigenvalue weighted by Crippen LogP contribution is 2.11. The molecule has 0 aliphatic heterocycles. The Bertz CT molecular complexity index is 380. The van der Waals surface area contributed by atoms with Gasteiger partial charge in [-0.05, 0) is 11.1 Å². The molecule has 0 aromatic heterocycles. The number of aliphatic hydroxyl groups excluding tert-OH is 1.